The molecule has 0 N–H and O–H groups in total. The summed E-state index contributed by atoms with van der Waals surface area (Å²) in [4.78, 5) is 0. The van der Waals surface area contributed by atoms with Crippen molar-refractivity contribution in [1.29, 1.82) is 0 Å². The normalized spacial score (nSPS) is 26.7. The molecule has 2 aliphatic heterocycles. The van der Waals surface area contributed by atoms with Crippen molar-refractivity contribution in [2.45, 2.75) is 43.7 Å². The van der Waals surface area contributed by atoms with Gasteiger partial charge in [0, 0.05) is 25.1 Å². The number of aryl methyl sites for hydroxylation is 1. The first kappa shape index (κ1) is 13.7. The molecule has 0 radical (unpaired) electrons. The largest absolute Gasteiger partial charge is 0.375 e. The highest BCUT2D eigenvalue weighted by molar-refractivity contribution is 7.99. The molecule has 0 aliphatic carbocycles. The first-order chi connectivity index (χ1) is 9.31. The maximum Gasteiger partial charge on any atom is 0.0839 e. The van der Waals surface area contributed by atoms with Crippen LogP contribution in [0.1, 0.15) is 37.4 Å². The molecule has 1 atom stereocenters. The monoisotopic (exact) mass is 301 g/mol. The third-order valence-corrected chi connectivity index (χ3v) is 5.33. The van der Waals surface area contributed by atoms with Crippen LogP contribution >= 0.6 is 23.4 Å². The van der Waals surface area contributed by atoms with Crippen molar-refractivity contribution in [2.24, 2.45) is 0 Å². The fourth-order valence-electron chi connectivity index (χ4n) is 3.02. The zero-order valence-electron chi connectivity index (χ0n) is 11.1. The summed E-state index contributed by atoms with van der Waals surface area (Å²) in [5, 5.41) is 8.48. The van der Waals surface area contributed by atoms with Gasteiger partial charge in [-0.25, -0.2) is 4.68 Å². The number of hydrogen-bond acceptors (Lipinski definition) is 4. The molecular formula is C13H20ClN3OS. The van der Waals surface area contributed by atoms with E-state index in [2.05, 4.69) is 16.5 Å². The molecule has 1 aromatic rings. The second-order valence-electron chi connectivity index (χ2n) is 5.42. The molecular weight excluding hydrogens is 282 g/mol. The van der Waals surface area contributed by atoms with Crippen molar-refractivity contribution in [2.75, 3.05) is 24.0 Å². The van der Waals surface area contributed by atoms with E-state index in [-0.39, 0.29) is 5.60 Å². The predicted molar refractivity (Wildman–Crippen MR) is 78.0 cm³/mol. The van der Waals surface area contributed by atoms with Crippen LogP contribution < -0.4 is 0 Å². The minimum Gasteiger partial charge on any atom is -0.375 e. The molecule has 0 aromatic carbocycles. The molecule has 3 rings (SSSR count). The Labute approximate surface area is 123 Å². The van der Waals surface area contributed by atoms with Gasteiger partial charge < -0.3 is 4.74 Å². The SMILES string of the molecule is ClCCc1cn(C2CCOC3(CCSCC3)C2)nn1. The summed E-state index contributed by atoms with van der Waals surface area (Å²) in [5.41, 5.74) is 1.10. The molecule has 106 valence electrons. The number of hydrogen-bond donors (Lipinski definition) is 0. The van der Waals surface area contributed by atoms with Gasteiger partial charge in [0.2, 0.25) is 0 Å². The summed E-state index contributed by atoms with van der Waals surface area (Å²) in [5.74, 6) is 3.05. The van der Waals surface area contributed by atoms with E-state index in [0.29, 0.717) is 11.9 Å². The highest BCUT2D eigenvalue weighted by Gasteiger charge is 2.39. The molecule has 2 aliphatic rings. The van der Waals surface area contributed by atoms with Gasteiger partial charge in [0.15, 0.2) is 0 Å². The molecule has 6 heteroatoms. The molecule has 4 nitrogen and oxygen atoms in total. The average molecular weight is 302 g/mol. The maximum atomic E-state index is 6.12. The molecule has 1 unspecified atom stereocenters. The van der Waals surface area contributed by atoms with Gasteiger partial charge in [-0.15, -0.1) is 16.7 Å². The van der Waals surface area contributed by atoms with Gasteiger partial charge in [-0.3, -0.25) is 0 Å². The van der Waals surface area contributed by atoms with Gasteiger partial charge in [0.1, 0.15) is 0 Å². The van der Waals surface area contributed by atoms with Crippen molar-refractivity contribution < 1.29 is 4.74 Å². The summed E-state index contributed by atoms with van der Waals surface area (Å²) < 4.78 is 8.15. The standard InChI is InChI=1S/C13H20ClN3OS/c14-5-1-11-10-17(16-15-11)12-2-6-18-13(9-12)3-7-19-8-4-13/h10,12H,1-9H2. The fraction of sp³-hybridized carbons (Fsp3) is 0.846. The number of alkyl halides is 1. The van der Waals surface area contributed by atoms with Gasteiger partial charge in [0.25, 0.3) is 0 Å². The number of ether oxygens (including phenoxy) is 1. The Morgan fingerprint density at radius 1 is 1.47 bits per heavy atom. The Morgan fingerprint density at radius 2 is 2.32 bits per heavy atom. The van der Waals surface area contributed by atoms with Crippen LogP contribution in [0.4, 0.5) is 0 Å². The summed E-state index contributed by atoms with van der Waals surface area (Å²) in [7, 11) is 0. The predicted octanol–water partition coefficient (Wildman–Crippen LogP) is 2.68. The van der Waals surface area contributed by atoms with Gasteiger partial charge in [-0.05, 0) is 37.2 Å². The van der Waals surface area contributed by atoms with Gasteiger partial charge >= 0.3 is 0 Å². The second-order valence-corrected chi connectivity index (χ2v) is 7.02. The van der Waals surface area contributed by atoms with E-state index in [4.69, 9.17) is 16.3 Å². The number of aromatic nitrogens is 3. The Balaban J connectivity index is 1.69. The van der Waals surface area contributed by atoms with E-state index < -0.39 is 0 Å². The molecule has 1 spiro atoms. The number of thioether (sulfide) groups is 1. The zero-order chi connectivity index (χ0) is 13.1. The van der Waals surface area contributed by atoms with Crippen LogP contribution in [0.15, 0.2) is 6.20 Å². The van der Waals surface area contributed by atoms with Crippen LogP contribution in [0.25, 0.3) is 0 Å². The van der Waals surface area contributed by atoms with E-state index in [0.717, 1.165) is 31.6 Å². The van der Waals surface area contributed by atoms with Gasteiger partial charge in [-0.2, -0.15) is 11.8 Å². The lowest BCUT2D eigenvalue weighted by Crippen LogP contribution is -2.43. The molecule has 3 heterocycles. The molecule has 0 bridgehead atoms. The van der Waals surface area contributed by atoms with Crippen molar-refractivity contribution in [3.8, 4) is 0 Å². The lowest BCUT2D eigenvalue weighted by Gasteiger charge is -2.43. The first-order valence-electron chi connectivity index (χ1n) is 7.00. The van der Waals surface area contributed by atoms with Crippen LogP contribution in [0, 0.1) is 0 Å². The number of halogens is 1. The minimum atomic E-state index is 0.104. The van der Waals surface area contributed by atoms with Crippen LogP contribution in [0.3, 0.4) is 0 Å². The Hall–Kier alpha value is -0.260. The van der Waals surface area contributed by atoms with E-state index in [9.17, 15) is 0 Å². The van der Waals surface area contributed by atoms with E-state index in [1.807, 2.05) is 16.4 Å². The Bertz CT molecular complexity index is 414. The Kier molecular flexibility index (Phi) is 4.34. The number of nitrogens with zero attached hydrogens (tertiary/aromatic N) is 3. The van der Waals surface area contributed by atoms with E-state index in [1.54, 1.807) is 0 Å². The van der Waals surface area contributed by atoms with Gasteiger partial charge in [-0.1, -0.05) is 5.21 Å². The van der Waals surface area contributed by atoms with Crippen molar-refractivity contribution >= 4 is 23.4 Å². The lowest BCUT2D eigenvalue weighted by atomic mass is 9.85. The minimum absolute atomic E-state index is 0.104. The van der Waals surface area contributed by atoms with Crippen molar-refractivity contribution in [1.82, 2.24) is 15.0 Å². The fourth-order valence-corrected chi connectivity index (χ4v) is 4.45. The van der Waals surface area contributed by atoms with Crippen molar-refractivity contribution in [3.63, 3.8) is 0 Å². The average Bonchev–Trinajstić information content (AvgIpc) is 2.89. The van der Waals surface area contributed by atoms with Crippen LogP contribution in [-0.4, -0.2) is 44.6 Å². The van der Waals surface area contributed by atoms with E-state index >= 15 is 0 Å². The summed E-state index contributed by atoms with van der Waals surface area (Å²) in [6.07, 6.45) is 7.33. The highest BCUT2D eigenvalue weighted by Crippen LogP contribution is 2.41. The quantitative estimate of drug-likeness (QED) is 0.805. The van der Waals surface area contributed by atoms with Crippen molar-refractivity contribution in [3.05, 3.63) is 11.9 Å². The molecule has 2 fully saturated rings. The molecule has 0 saturated carbocycles. The topological polar surface area (TPSA) is 39.9 Å². The summed E-state index contributed by atoms with van der Waals surface area (Å²) >= 11 is 7.79. The molecule has 1 aromatic heterocycles. The van der Waals surface area contributed by atoms with E-state index in [1.165, 1.54) is 24.3 Å². The maximum absolute atomic E-state index is 6.12. The molecule has 0 amide bonds. The first-order valence-corrected chi connectivity index (χ1v) is 8.69. The van der Waals surface area contributed by atoms with Crippen LogP contribution in [0.2, 0.25) is 0 Å². The lowest BCUT2D eigenvalue weighted by molar-refractivity contribution is -0.100. The van der Waals surface area contributed by atoms with Crippen LogP contribution in [0.5, 0.6) is 0 Å². The third-order valence-electron chi connectivity index (χ3n) is 4.15. The summed E-state index contributed by atoms with van der Waals surface area (Å²) in [6.45, 7) is 0.847. The highest BCUT2D eigenvalue weighted by atomic mass is 35.5. The van der Waals surface area contributed by atoms with Gasteiger partial charge in [0.05, 0.1) is 17.3 Å². The zero-order valence-corrected chi connectivity index (χ0v) is 12.6. The molecule has 19 heavy (non-hydrogen) atoms. The Morgan fingerprint density at radius 3 is 3.11 bits per heavy atom. The number of rotatable bonds is 3. The molecule has 2 saturated heterocycles. The summed E-state index contributed by atoms with van der Waals surface area (Å²) in [6, 6.07) is 0.438. The second kappa shape index (κ2) is 6.02. The van der Waals surface area contributed by atoms with Crippen LogP contribution in [-0.2, 0) is 11.2 Å². The smallest absolute Gasteiger partial charge is 0.0839 e. The third kappa shape index (κ3) is 3.09.